The highest BCUT2D eigenvalue weighted by Crippen LogP contribution is 2.28. The van der Waals surface area contributed by atoms with Crippen molar-refractivity contribution in [2.75, 3.05) is 19.7 Å². The summed E-state index contributed by atoms with van der Waals surface area (Å²) in [6.07, 6.45) is 6.32. The molecule has 6 heteroatoms. The number of hydrogen-bond acceptors (Lipinski definition) is 4. The first kappa shape index (κ1) is 23.5. The van der Waals surface area contributed by atoms with Crippen molar-refractivity contribution in [1.29, 1.82) is 0 Å². The maximum atomic E-state index is 12.5. The van der Waals surface area contributed by atoms with Gasteiger partial charge < -0.3 is 14.4 Å². The lowest BCUT2D eigenvalue weighted by atomic mass is 10.0. The Labute approximate surface area is 201 Å². The van der Waals surface area contributed by atoms with Gasteiger partial charge in [0.15, 0.2) is 0 Å². The maximum absolute atomic E-state index is 12.5. The quantitative estimate of drug-likeness (QED) is 0.502. The molecule has 2 saturated heterocycles. The Morgan fingerprint density at radius 1 is 1.06 bits per heavy atom. The van der Waals surface area contributed by atoms with Gasteiger partial charge in [-0.15, -0.1) is 12.4 Å². The van der Waals surface area contributed by atoms with E-state index in [1.54, 1.807) is 0 Å². The number of pyridine rings is 1. The van der Waals surface area contributed by atoms with E-state index in [0.29, 0.717) is 6.61 Å². The van der Waals surface area contributed by atoms with Crippen LogP contribution in [0.5, 0.6) is 5.75 Å². The van der Waals surface area contributed by atoms with Crippen molar-refractivity contribution < 1.29 is 14.3 Å². The molecule has 3 aromatic rings. The summed E-state index contributed by atoms with van der Waals surface area (Å²) in [6, 6.07) is 17.0. The van der Waals surface area contributed by atoms with E-state index in [9.17, 15) is 4.79 Å². The second kappa shape index (κ2) is 10.5. The zero-order valence-electron chi connectivity index (χ0n) is 19.0. The minimum Gasteiger partial charge on any atom is -0.490 e. The Hall–Kier alpha value is -2.63. The van der Waals surface area contributed by atoms with Gasteiger partial charge in [0, 0.05) is 49.8 Å². The van der Waals surface area contributed by atoms with Crippen LogP contribution in [0.2, 0.25) is 0 Å². The van der Waals surface area contributed by atoms with Crippen LogP contribution in [-0.4, -0.2) is 47.7 Å². The molecule has 2 fully saturated rings. The minimum atomic E-state index is -0.222. The van der Waals surface area contributed by atoms with Crippen LogP contribution in [0.3, 0.4) is 0 Å². The fourth-order valence-electron chi connectivity index (χ4n) is 4.79. The number of benzene rings is 2. The Bertz CT molecular complexity index is 1090. The summed E-state index contributed by atoms with van der Waals surface area (Å²) in [5, 5.41) is 2.45. The number of aromatic nitrogens is 1. The predicted octanol–water partition coefficient (Wildman–Crippen LogP) is 5.43. The molecule has 174 valence electrons. The Morgan fingerprint density at radius 3 is 2.52 bits per heavy atom. The third kappa shape index (κ3) is 5.15. The zero-order chi connectivity index (χ0) is 21.9. The lowest BCUT2D eigenvalue weighted by Gasteiger charge is -2.33. The van der Waals surface area contributed by atoms with Crippen molar-refractivity contribution in [1.82, 2.24) is 9.88 Å². The van der Waals surface area contributed by atoms with Crippen LogP contribution in [0.25, 0.3) is 21.9 Å². The van der Waals surface area contributed by atoms with Gasteiger partial charge >= 0.3 is 0 Å². The van der Waals surface area contributed by atoms with Crippen molar-refractivity contribution in [3.63, 3.8) is 0 Å². The zero-order valence-corrected chi connectivity index (χ0v) is 19.9. The number of halogens is 1. The Morgan fingerprint density at radius 2 is 1.82 bits per heavy atom. The molecular formula is C27H31ClN2O3. The van der Waals surface area contributed by atoms with E-state index in [1.807, 2.05) is 23.2 Å². The number of likely N-dealkylation sites (tertiary alicyclic amines) is 1. The van der Waals surface area contributed by atoms with Crippen LogP contribution in [-0.2, 0) is 16.0 Å². The topological polar surface area (TPSA) is 51.7 Å². The van der Waals surface area contributed by atoms with E-state index in [0.717, 1.165) is 56.6 Å². The standard InChI is InChI=1S/C27H30N2O3.ClH/c1-2-25-24-10-7-20(18-21(24)11-14-28-25)19-5-8-22(9-6-19)32-23-12-15-29(16-13-23)27(30)26-4-3-17-31-26;/h5-11,14,18,23,26H,2-4,12-13,15-17H2,1H3;1H/t26-;/m1./s1. The summed E-state index contributed by atoms with van der Waals surface area (Å²) in [5.41, 5.74) is 3.51. The van der Waals surface area contributed by atoms with Crippen molar-refractivity contribution in [3.05, 3.63) is 60.4 Å². The van der Waals surface area contributed by atoms with Gasteiger partial charge in [0.1, 0.15) is 18.0 Å². The summed E-state index contributed by atoms with van der Waals surface area (Å²) in [6.45, 7) is 4.34. The van der Waals surface area contributed by atoms with Crippen molar-refractivity contribution in [3.8, 4) is 16.9 Å². The average molecular weight is 467 g/mol. The summed E-state index contributed by atoms with van der Waals surface area (Å²) < 4.78 is 11.8. The molecule has 1 amide bonds. The molecule has 2 aliphatic heterocycles. The second-order valence-corrected chi connectivity index (χ2v) is 8.72. The smallest absolute Gasteiger partial charge is 0.251 e. The summed E-state index contributed by atoms with van der Waals surface area (Å²) in [4.78, 5) is 18.9. The number of hydrogen-bond donors (Lipinski definition) is 0. The number of fused-ring (bicyclic) bond motifs is 1. The van der Waals surface area contributed by atoms with Gasteiger partial charge in [-0.2, -0.15) is 0 Å². The number of carbonyl (C=O) groups excluding carboxylic acids is 1. The molecule has 1 aromatic heterocycles. The Kier molecular flexibility index (Phi) is 7.51. The fourth-order valence-corrected chi connectivity index (χ4v) is 4.79. The Balaban J connectivity index is 0.00000259. The average Bonchev–Trinajstić information content (AvgIpc) is 3.39. The van der Waals surface area contributed by atoms with Crippen LogP contribution in [0.1, 0.15) is 38.3 Å². The normalized spacial score (nSPS) is 18.8. The van der Waals surface area contributed by atoms with Crippen LogP contribution < -0.4 is 4.74 Å². The van der Waals surface area contributed by atoms with Gasteiger partial charge in [-0.05, 0) is 60.0 Å². The summed E-state index contributed by atoms with van der Waals surface area (Å²) >= 11 is 0. The second-order valence-electron chi connectivity index (χ2n) is 8.72. The molecular weight excluding hydrogens is 436 g/mol. The van der Waals surface area contributed by atoms with Crippen LogP contribution in [0, 0.1) is 0 Å². The van der Waals surface area contributed by atoms with E-state index < -0.39 is 0 Å². The van der Waals surface area contributed by atoms with E-state index in [1.165, 1.54) is 21.9 Å². The summed E-state index contributed by atoms with van der Waals surface area (Å²) in [7, 11) is 0. The number of piperidine rings is 1. The molecule has 5 rings (SSSR count). The number of carbonyl (C=O) groups is 1. The van der Waals surface area contributed by atoms with Crippen LogP contribution in [0.15, 0.2) is 54.7 Å². The highest BCUT2D eigenvalue weighted by atomic mass is 35.5. The van der Waals surface area contributed by atoms with Crippen molar-refractivity contribution in [2.45, 2.75) is 51.2 Å². The number of ether oxygens (including phenoxy) is 2. The molecule has 1 atom stereocenters. The molecule has 0 N–H and O–H groups in total. The van der Waals surface area contributed by atoms with Crippen molar-refractivity contribution in [2.24, 2.45) is 0 Å². The molecule has 2 aliphatic rings. The van der Waals surface area contributed by atoms with Gasteiger partial charge in [0.05, 0.1) is 0 Å². The van der Waals surface area contributed by atoms with Gasteiger partial charge in [-0.3, -0.25) is 9.78 Å². The lowest BCUT2D eigenvalue weighted by Crippen LogP contribution is -2.45. The summed E-state index contributed by atoms with van der Waals surface area (Å²) in [5.74, 6) is 1.04. The largest absolute Gasteiger partial charge is 0.490 e. The van der Waals surface area contributed by atoms with E-state index in [4.69, 9.17) is 9.47 Å². The molecule has 0 bridgehead atoms. The SMILES string of the molecule is CCc1nccc2cc(-c3ccc(OC4CCN(C(=O)[C@H]5CCCO5)CC4)cc3)ccc12.Cl. The van der Waals surface area contributed by atoms with Gasteiger partial charge in [0.2, 0.25) is 0 Å². The van der Waals surface area contributed by atoms with Crippen LogP contribution >= 0.6 is 12.4 Å². The number of aryl methyl sites for hydroxylation is 1. The first-order chi connectivity index (χ1) is 15.7. The monoisotopic (exact) mass is 466 g/mol. The van der Waals surface area contributed by atoms with Gasteiger partial charge in [0.25, 0.3) is 5.91 Å². The predicted molar refractivity (Wildman–Crippen MR) is 133 cm³/mol. The molecule has 5 nitrogen and oxygen atoms in total. The highest BCUT2D eigenvalue weighted by Gasteiger charge is 2.31. The molecule has 33 heavy (non-hydrogen) atoms. The third-order valence-corrected chi connectivity index (χ3v) is 6.63. The van der Waals surface area contributed by atoms with Gasteiger partial charge in [-0.25, -0.2) is 0 Å². The molecule has 3 heterocycles. The van der Waals surface area contributed by atoms with Gasteiger partial charge in [-0.1, -0.05) is 31.2 Å². The minimum absolute atomic E-state index is 0. The van der Waals surface area contributed by atoms with E-state index in [-0.39, 0.29) is 30.5 Å². The molecule has 0 spiro atoms. The first-order valence-electron chi connectivity index (χ1n) is 11.8. The molecule has 0 radical (unpaired) electrons. The number of rotatable bonds is 5. The van der Waals surface area contributed by atoms with E-state index in [2.05, 4.69) is 48.3 Å². The highest BCUT2D eigenvalue weighted by molar-refractivity contribution is 5.89. The molecule has 0 saturated carbocycles. The van der Waals surface area contributed by atoms with Crippen LogP contribution in [0.4, 0.5) is 0 Å². The number of nitrogens with zero attached hydrogens (tertiary/aromatic N) is 2. The molecule has 2 aromatic carbocycles. The molecule has 0 aliphatic carbocycles. The maximum Gasteiger partial charge on any atom is 0.251 e. The van der Waals surface area contributed by atoms with Crippen molar-refractivity contribution >= 4 is 29.1 Å². The first-order valence-corrected chi connectivity index (χ1v) is 11.8. The number of amides is 1. The third-order valence-electron chi connectivity index (χ3n) is 6.63. The molecule has 0 unspecified atom stereocenters. The fraction of sp³-hybridized carbons (Fsp3) is 0.407. The van der Waals surface area contributed by atoms with E-state index >= 15 is 0 Å². The lowest BCUT2D eigenvalue weighted by molar-refractivity contribution is -0.142.